The van der Waals surface area contributed by atoms with Gasteiger partial charge in [0.2, 0.25) is 10.0 Å². The predicted molar refractivity (Wildman–Crippen MR) is 106 cm³/mol. The van der Waals surface area contributed by atoms with Gasteiger partial charge in [-0.25, -0.2) is 13.1 Å². The number of para-hydroxylation sites is 1. The van der Waals surface area contributed by atoms with E-state index >= 15 is 0 Å². The summed E-state index contributed by atoms with van der Waals surface area (Å²) in [4.78, 5) is 4.70. The minimum Gasteiger partial charge on any atom is -0.361 e. The molecule has 0 saturated heterocycles. The highest BCUT2D eigenvalue weighted by Gasteiger charge is 2.22. The molecule has 26 heavy (non-hydrogen) atoms. The second-order valence-electron chi connectivity index (χ2n) is 6.02. The van der Waals surface area contributed by atoms with Crippen molar-refractivity contribution in [1.29, 1.82) is 0 Å². The molecule has 2 aromatic carbocycles. The Morgan fingerprint density at radius 3 is 2.50 bits per heavy atom. The normalized spacial score (nSPS) is 13.1. The number of sulfonamides is 1. The summed E-state index contributed by atoms with van der Waals surface area (Å²) < 4.78 is 28.0. The molecule has 1 atom stereocenters. The second-order valence-corrected chi connectivity index (χ2v) is 8.77. The maximum atomic E-state index is 12.6. The topological polar surface area (TPSA) is 62.0 Å². The summed E-state index contributed by atoms with van der Waals surface area (Å²) in [5.74, 6) is -0.0513. The first-order chi connectivity index (χ1) is 12.6. The molecule has 0 bridgehead atoms. The van der Waals surface area contributed by atoms with Crippen LogP contribution in [-0.2, 0) is 10.0 Å². The molecule has 0 saturated carbocycles. The van der Waals surface area contributed by atoms with Crippen LogP contribution in [0, 0.1) is 0 Å². The van der Waals surface area contributed by atoms with Crippen molar-refractivity contribution in [3.63, 3.8) is 0 Å². The van der Waals surface area contributed by atoms with E-state index in [1.807, 2.05) is 41.9 Å². The first kappa shape index (κ1) is 17.0. The van der Waals surface area contributed by atoms with Gasteiger partial charge in [-0.3, -0.25) is 0 Å². The molecule has 132 valence electrons. The highest BCUT2D eigenvalue weighted by molar-refractivity contribution is 7.89. The molecule has 6 heteroatoms. The van der Waals surface area contributed by atoms with Crippen molar-refractivity contribution in [3.8, 4) is 0 Å². The number of hydrogen-bond acceptors (Lipinski definition) is 3. The molecule has 1 unspecified atom stereocenters. The van der Waals surface area contributed by atoms with Crippen molar-refractivity contribution in [3.05, 3.63) is 88.7 Å². The summed E-state index contributed by atoms with van der Waals surface area (Å²) in [7, 11) is -3.55. The van der Waals surface area contributed by atoms with Crippen LogP contribution in [0.5, 0.6) is 0 Å². The Morgan fingerprint density at radius 1 is 0.962 bits per heavy atom. The van der Waals surface area contributed by atoms with Gasteiger partial charge in [-0.2, -0.15) is 0 Å². The Kier molecular flexibility index (Phi) is 4.63. The Balaban J connectivity index is 1.67. The zero-order valence-corrected chi connectivity index (χ0v) is 15.6. The molecule has 2 aromatic heterocycles. The van der Waals surface area contributed by atoms with E-state index in [9.17, 15) is 8.42 Å². The van der Waals surface area contributed by atoms with Gasteiger partial charge < -0.3 is 4.98 Å². The number of benzene rings is 2. The molecular formula is C20H18N2O2S2. The van der Waals surface area contributed by atoms with Crippen LogP contribution in [0.1, 0.15) is 16.4 Å². The molecule has 0 amide bonds. The molecule has 0 aliphatic carbocycles. The van der Waals surface area contributed by atoms with Crippen molar-refractivity contribution in [1.82, 2.24) is 9.71 Å². The third-order valence-electron chi connectivity index (χ3n) is 4.41. The Hall–Kier alpha value is -2.41. The van der Waals surface area contributed by atoms with Crippen molar-refractivity contribution in [2.24, 2.45) is 0 Å². The predicted octanol–water partition coefficient (Wildman–Crippen LogP) is 4.34. The largest absolute Gasteiger partial charge is 0.361 e. The minimum absolute atomic E-state index is 0.0513. The molecule has 4 aromatic rings. The van der Waals surface area contributed by atoms with Gasteiger partial charge in [-0.05, 0) is 35.2 Å². The Labute approximate surface area is 156 Å². The van der Waals surface area contributed by atoms with E-state index < -0.39 is 10.0 Å². The smallest absolute Gasteiger partial charge is 0.240 e. The number of aromatic amines is 1. The van der Waals surface area contributed by atoms with Gasteiger partial charge in [-0.1, -0.05) is 42.5 Å². The number of H-pyrrole nitrogens is 1. The van der Waals surface area contributed by atoms with Crippen LogP contribution in [0.15, 0.2) is 83.2 Å². The van der Waals surface area contributed by atoms with E-state index in [0.29, 0.717) is 6.54 Å². The SMILES string of the molecule is O=S(=O)(NCC(c1cccs1)c1c[nH]c2ccccc12)c1ccccc1. The van der Waals surface area contributed by atoms with Crippen LogP contribution >= 0.6 is 11.3 Å². The van der Waals surface area contributed by atoms with Crippen molar-refractivity contribution in [2.75, 3.05) is 6.54 Å². The van der Waals surface area contributed by atoms with E-state index in [-0.39, 0.29) is 10.8 Å². The lowest BCUT2D eigenvalue weighted by Crippen LogP contribution is -2.28. The Morgan fingerprint density at radius 2 is 1.73 bits per heavy atom. The first-order valence-electron chi connectivity index (χ1n) is 8.29. The molecule has 0 aliphatic rings. The second kappa shape index (κ2) is 7.07. The van der Waals surface area contributed by atoms with Crippen molar-refractivity contribution < 1.29 is 8.42 Å². The molecule has 0 spiro atoms. The molecular weight excluding hydrogens is 364 g/mol. The summed E-state index contributed by atoms with van der Waals surface area (Å²) in [5.41, 5.74) is 2.15. The van der Waals surface area contributed by atoms with E-state index in [2.05, 4.69) is 15.8 Å². The quantitative estimate of drug-likeness (QED) is 0.521. The standard InChI is InChI=1S/C20H18N2O2S2/c23-26(24,15-7-2-1-3-8-15)22-14-18(20-11-6-12-25-20)17-13-21-19-10-5-4-9-16(17)19/h1-13,18,21-22H,14H2. The van der Waals surface area contributed by atoms with Gasteiger partial charge in [-0.15, -0.1) is 11.3 Å². The average molecular weight is 383 g/mol. The van der Waals surface area contributed by atoms with E-state index in [1.165, 1.54) is 0 Å². The van der Waals surface area contributed by atoms with E-state index in [1.54, 1.807) is 41.7 Å². The molecule has 0 radical (unpaired) electrons. The summed E-state index contributed by atoms with van der Waals surface area (Å²) in [6.07, 6.45) is 1.98. The van der Waals surface area contributed by atoms with Crippen LogP contribution in [0.3, 0.4) is 0 Å². The fourth-order valence-corrected chi connectivity index (χ4v) is 5.03. The van der Waals surface area contributed by atoms with Crippen LogP contribution in [0.25, 0.3) is 10.9 Å². The Bertz CT molecular complexity index is 1100. The summed E-state index contributed by atoms with van der Waals surface area (Å²) in [5, 5.41) is 3.13. The maximum Gasteiger partial charge on any atom is 0.240 e. The monoisotopic (exact) mass is 382 g/mol. The number of aromatic nitrogens is 1. The molecule has 0 aliphatic heterocycles. The molecule has 2 heterocycles. The fourth-order valence-electron chi connectivity index (χ4n) is 3.11. The zero-order chi connectivity index (χ0) is 18.0. The molecule has 0 fully saturated rings. The van der Waals surface area contributed by atoms with Gasteiger partial charge >= 0.3 is 0 Å². The van der Waals surface area contributed by atoms with Gasteiger partial charge in [0.05, 0.1) is 4.90 Å². The number of nitrogens with one attached hydrogen (secondary N) is 2. The molecule has 2 N–H and O–H groups in total. The van der Waals surface area contributed by atoms with Crippen LogP contribution in [-0.4, -0.2) is 19.9 Å². The lowest BCUT2D eigenvalue weighted by molar-refractivity contribution is 0.578. The number of rotatable bonds is 6. The summed E-state index contributed by atoms with van der Waals surface area (Å²) in [6.45, 7) is 0.305. The highest BCUT2D eigenvalue weighted by Crippen LogP contribution is 2.33. The molecule has 4 rings (SSSR count). The van der Waals surface area contributed by atoms with Gasteiger partial charge in [0.15, 0.2) is 0 Å². The third-order valence-corrected chi connectivity index (χ3v) is 6.84. The van der Waals surface area contributed by atoms with Crippen LogP contribution < -0.4 is 4.72 Å². The van der Waals surface area contributed by atoms with Gasteiger partial charge in [0, 0.05) is 34.4 Å². The summed E-state index contributed by atoms with van der Waals surface area (Å²) in [6, 6.07) is 20.6. The molecule has 4 nitrogen and oxygen atoms in total. The number of thiophene rings is 1. The number of fused-ring (bicyclic) bond motifs is 1. The fraction of sp³-hybridized carbons (Fsp3) is 0.100. The highest BCUT2D eigenvalue weighted by atomic mass is 32.2. The van der Waals surface area contributed by atoms with Gasteiger partial charge in [0.25, 0.3) is 0 Å². The van der Waals surface area contributed by atoms with Crippen LogP contribution in [0.2, 0.25) is 0 Å². The third kappa shape index (κ3) is 3.31. The summed E-state index contributed by atoms with van der Waals surface area (Å²) >= 11 is 1.64. The lowest BCUT2D eigenvalue weighted by atomic mass is 9.97. The van der Waals surface area contributed by atoms with E-state index in [4.69, 9.17) is 0 Å². The zero-order valence-electron chi connectivity index (χ0n) is 13.9. The average Bonchev–Trinajstić information content (AvgIpc) is 3.33. The van der Waals surface area contributed by atoms with Crippen LogP contribution in [0.4, 0.5) is 0 Å². The maximum absolute atomic E-state index is 12.6. The lowest BCUT2D eigenvalue weighted by Gasteiger charge is -2.16. The van der Waals surface area contributed by atoms with Crippen molar-refractivity contribution >= 4 is 32.3 Å². The first-order valence-corrected chi connectivity index (χ1v) is 10.7. The van der Waals surface area contributed by atoms with Gasteiger partial charge in [0.1, 0.15) is 0 Å². The minimum atomic E-state index is -3.55. The van der Waals surface area contributed by atoms with Crippen molar-refractivity contribution in [2.45, 2.75) is 10.8 Å². The number of hydrogen-bond donors (Lipinski definition) is 2. The van der Waals surface area contributed by atoms with E-state index in [0.717, 1.165) is 21.3 Å².